The fourth-order valence-corrected chi connectivity index (χ4v) is 3.94. The van der Waals surface area contributed by atoms with E-state index < -0.39 is 5.82 Å². The summed E-state index contributed by atoms with van der Waals surface area (Å²) in [6.07, 6.45) is 1.05. The van der Waals surface area contributed by atoms with Crippen molar-refractivity contribution in [3.05, 3.63) is 52.8 Å². The van der Waals surface area contributed by atoms with E-state index in [4.69, 9.17) is 14.2 Å². The van der Waals surface area contributed by atoms with Crippen molar-refractivity contribution in [2.75, 3.05) is 32.9 Å². The lowest BCUT2D eigenvalue weighted by molar-refractivity contribution is -0.121. The molecule has 0 saturated carbocycles. The van der Waals surface area contributed by atoms with Gasteiger partial charge in [-0.05, 0) is 24.3 Å². The molecule has 0 unspecified atom stereocenters. The number of carbonyl (C=O) groups excluding carboxylic acids is 2. The van der Waals surface area contributed by atoms with E-state index in [-0.39, 0.29) is 36.2 Å². The second-order valence-electron chi connectivity index (χ2n) is 7.70. The summed E-state index contributed by atoms with van der Waals surface area (Å²) in [7, 11) is 0. The summed E-state index contributed by atoms with van der Waals surface area (Å²) in [4.78, 5) is 25.8. The number of rotatable bonds is 4. The van der Waals surface area contributed by atoms with Crippen LogP contribution in [0.4, 0.5) is 4.39 Å². The highest BCUT2D eigenvalue weighted by molar-refractivity contribution is 5.96. The molecule has 6 nitrogen and oxygen atoms in total. The van der Waals surface area contributed by atoms with E-state index in [1.54, 1.807) is 4.90 Å². The van der Waals surface area contributed by atoms with E-state index in [1.807, 2.05) is 18.2 Å². The molecule has 2 aromatic carbocycles. The first-order valence-electron chi connectivity index (χ1n) is 9.71. The number of ether oxygens (including phenoxy) is 3. The maximum Gasteiger partial charge on any atom is 0.256 e. The summed E-state index contributed by atoms with van der Waals surface area (Å²) in [5.74, 6) is 1.18. The number of carbonyl (C=O) groups is 2. The largest absolute Gasteiger partial charge is 0.493 e. The molecule has 2 aromatic rings. The van der Waals surface area contributed by atoms with Gasteiger partial charge in [0.1, 0.15) is 29.7 Å². The predicted molar refractivity (Wildman–Crippen MR) is 101 cm³/mol. The average molecular weight is 397 g/mol. The molecule has 0 spiro atoms. The highest BCUT2D eigenvalue weighted by Crippen LogP contribution is 2.31. The summed E-state index contributed by atoms with van der Waals surface area (Å²) in [5.41, 5.74) is 1.70. The molecule has 7 heteroatoms. The lowest BCUT2D eigenvalue weighted by Gasteiger charge is -2.39. The third kappa shape index (κ3) is 3.41. The van der Waals surface area contributed by atoms with Crippen LogP contribution in [-0.2, 0) is 17.6 Å². The Bertz CT molecular complexity index is 999. The topological polar surface area (TPSA) is 65.1 Å². The maximum absolute atomic E-state index is 14.4. The lowest BCUT2D eigenvalue weighted by Crippen LogP contribution is -2.52. The minimum atomic E-state index is -0.622. The van der Waals surface area contributed by atoms with Crippen molar-refractivity contribution >= 4 is 11.7 Å². The molecule has 150 valence electrons. The number of hydrogen-bond donors (Lipinski definition) is 0. The van der Waals surface area contributed by atoms with Crippen LogP contribution in [0.5, 0.6) is 17.2 Å². The minimum absolute atomic E-state index is 0.0139. The summed E-state index contributed by atoms with van der Waals surface area (Å²) in [6, 6.07) is 8.45. The average Bonchev–Trinajstić information content (AvgIpc) is 3.14. The highest BCUT2D eigenvalue weighted by atomic mass is 19.1. The minimum Gasteiger partial charge on any atom is -0.493 e. The van der Waals surface area contributed by atoms with Crippen molar-refractivity contribution in [2.24, 2.45) is 5.92 Å². The van der Waals surface area contributed by atoms with Crippen LogP contribution in [0.3, 0.4) is 0 Å². The van der Waals surface area contributed by atoms with Crippen molar-refractivity contribution in [3.8, 4) is 17.2 Å². The number of fused-ring (bicyclic) bond motifs is 2. The van der Waals surface area contributed by atoms with Crippen molar-refractivity contribution < 1.29 is 28.2 Å². The van der Waals surface area contributed by atoms with Gasteiger partial charge in [0.05, 0.1) is 18.8 Å². The normalized spacial score (nSPS) is 17.7. The van der Waals surface area contributed by atoms with Crippen LogP contribution in [0.2, 0.25) is 0 Å². The third-order valence-electron chi connectivity index (χ3n) is 5.55. The number of amides is 1. The number of ketones is 1. The summed E-state index contributed by atoms with van der Waals surface area (Å²) >= 11 is 0. The Kier molecular flexibility index (Phi) is 4.38. The number of likely N-dealkylation sites (tertiary alicyclic amines) is 1. The number of nitrogens with zero attached hydrogens (tertiary/aromatic N) is 1. The van der Waals surface area contributed by atoms with Gasteiger partial charge in [0.2, 0.25) is 0 Å². The van der Waals surface area contributed by atoms with Gasteiger partial charge < -0.3 is 19.1 Å². The SMILES string of the molecule is O=C1COc2cc(F)c(C(=O)N3CC(COc4ccc5c(c4)CCO5)C3)cc2C1. The van der Waals surface area contributed by atoms with Gasteiger partial charge in [0.25, 0.3) is 5.91 Å². The lowest BCUT2D eigenvalue weighted by atomic mass is 9.97. The van der Waals surface area contributed by atoms with Gasteiger partial charge in [0.15, 0.2) is 5.78 Å². The van der Waals surface area contributed by atoms with E-state index in [2.05, 4.69) is 0 Å². The van der Waals surface area contributed by atoms with Crippen molar-refractivity contribution in [2.45, 2.75) is 12.8 Å². The zero-order valence-electron chi connectivity index (χ0n) is 15.8. The summed E-state index contributed by atoms with van der Waals surface area (Å²) in [5, 5.41) is 0. The van der Waals surface area contributed by atoms with Gasteiger partial charge in [-0.15, -0.1) is 0 Å². The Labute approximate surface area is 167 Å². The molecule has 3 aliphatic rings. The smallest absolute Gasteiger partial charge is 0.256 e. The molecule has 0 N–H and O–H groups in total. The van der Waals surface area contributed by atoms with Gasteiger partial charge in [0, 0.05) is 49.0 Å². The molecule has 3 aliphatic heterocycles. The van der Waals surface area contributed by atoms with Gasteiger partial charge >= 0.3 is 0 Å². The molecule has 0 bridgehead atoms. The molecular weight excluding hydrogens is 377 g/mol. The van der Waals surface area contributed by atoms with Gasteiger partial charge in [-0.1, -0.05) is 0 Å². The van der Waals surface area contributed by atoms with Gasteiger partial charge in [-0.3, -0.25) is 9.59 Å². The van der Waals surface area contributed by atoms with E-state index in [0.29, 0.717) is 37.6 Å². The molecule has 0 aromatic heterocycles. The maximum atomic E-state index is 14.4. The molecular formula is C22H20FNO5. The third-order valence-corrected chi connectivity index (χ3v) is 5.55. The fraction of sp³-hybridized carbons (Fsp3) is 0.364. The zero-order chi connectivity index (χ0) is 20.0. The second kappa shape index (κ2) is 7.06. The number of benzene rings is 2. The Hall–Kier alpha value is -3.09. The van der Waals surface area contributed by atoms with Gasteiger partial charge in [-0.2, -0.15) is 0 Å². The summed E-state index contributed by atoms with van der Waals surface area (Å²) in [6.45, 7) is 2.18. The first kappa shape index (κ1) is 18.0. The van der Waals surface area contributed by atoms with E-state index in [0.717, 1.165) is 23.5 Å². The molecule has 1 amide bonds. The quantitative estimate of drug-likeness (QED) is 0.793. The highest BCUT2D eigenvalue weighted by Gasteiger charge is 2.34. The van der Waals surface area contributed by atoms with Crippen LogP contribution in [0.1, 0.15) is 21.5 Å². The van der Waals surface area contributed by atoms with E-state index in [1.165, 1.54) is 12.1 Å². The second-order valence-corrected chi connectivity index (χ2v) is 7.70. The number of halogens is 1. The molecule has 0 atom stereocenters. The van der Waals surface area contributed by atoms with Gasteiger partial charge in [-0.25, -0.2) is 4.39 Å². The van der Waals surface area contributed by atoms with Crippen LogP contribution in [0.15, 0.2) is 30.3 Å². The Morgan fingerprint density at radius 3 is 2.86 bits per heavy atom. The zero-order valence-corrected chi connectivity index (χ0v) is 15.8. The van der Waals surface area contributed by atoms with Crippen LogP contribution >= 0.6 is 0 Å². The Balaban J connectivity index is 1.18. The van der Waals surface area contributed by atoms with Crippen LogP contribution in [0, 0.1) is 11.7 Å². The van der Waals surface area contributed by atoms with Crippen molar-refractivity contribution in [1.82, 2.24) is 4.90 Å². The monoisotopic (exact) mass is 397 g/mol. The molecule has 1 saturated heterocycles. The standard InChI is InChI=1S/C22H20FNO5/c23-19-8-21-15(5-16(25)12-29-21)7-18(19)22(26)24-9-13(10-24)11-28-17-1-2-20-14(6-17)3-4-27-20/h1-2,6-8,13H,3-5,9-12H2. The summed E-state index contributed by atoms with van der Waals surface area (Å²) < 4.78 is 31.0. The van der Waals surface area contributed by atoms with Crippen LogP contribution < -0.4 is 14.2 Å². The molecule has 0 aliphatic carbocycles. The Morgan fingerprint density at radius 1 is 1.14 bits per heavy atom. The number of Topliss-reactive ketones (excluding diaryl/α,β-unsaturated/α-hetero) is 1. The molecule has 29 heavy (non-hydrogen) atoms. The van der Waals surface area contributed by atoms with Crippen LogP contribution in [0.25, 0.3) is 0 Å². The number of hydrogen-bond acceptors (Lipinski definition) is 5. The van der Waals surface area contributed by atoms with Crippen LogP contribution in [-0.4, -0.2) is 49.5 Å². The molecule has 1 fully saturated rings. The van der Waals surface area contributed by atoms with Crippen molar-refractivity contribution in [3.63, 3.8) is 0 Å². The first-order chi connectivity index (χ1) is 14.1. The first-order valence-corrected chi connectivity index (χ1v) is 9.71. The Morgan fingerprint density at radius 2 is 2.00 bits per heavy atom. The molecule has 3 heterocycles. The van der Waals surface area contributed by atoms with Crippen molar-refractivity contribution in [1.29, 1.82) is 0 Å². The molecule has 5 rings (SSSR count). The van der Waals surface area contributed by atoms with E-state index in [9.17, 15) is 14.0 Å². The van der Waals surface area contributed by atoms with E-state index >= 15 is 0 Å². The molecule has 0 radical (unpaired) electrons. The predicted octanol–water partition coefficient (Wildman–Crippen LogP) is 2.42. The fourth-order valence-electron chi connectivity index (χ4n) is 3.94.